The molecule has 0 heterocycles. The summed E-state index contributed by atoms with van der Waals surface area (Å²) in [4.78, 5) is 37.9. The van der Waals surface area contributed by atoms with Gasteiger partial charge in [0.05, 0.1) is 0 Å². The number of ether oxygens (including phenoxy) is 3. The maximum Gasteiger partial charge on any atom is 0.306 e. The van der Waals surface area contributed by atoms with E-state index < -0.39 is 6.10 Å². The molecule has 0 fully saturated rings. The van der Waals surface area contributed by atoms with Gasteiger partial charge in [-0.25, -0.2) is 0 Å². The quantitative estimate of drug-likeness (QED) is 0.0263. The molecule has 1 atom stereocenters. The highest BCUT2D eigenvalue weighted by Gasteiger charge is 2.19. The standard InChI is InChI=1S/C58H90O6/c1-4-7-10-13-16-19-22-25-27-28-29-31-33-36-39-42-45-48-51-57(60)63-54-55(53-62-56(59)50-47-44-41-38-35-32-24-21-18-15-12-9-6-3)64-58(61)52-49-46-43-40-37-34-30-26-23-20-17-14-11-8-5-2/h9,12,15-29,31-32,35,38,41,55H,4-8,10-11,13-14,30,33-34,36-37,39-40,42-54H2,1-3H3/b12-9+,18-15+,19-16+,20-17+,24-21+,25-22+,26-23+,28-27+,31-29+,35-32+,41-38+. The van der Waals surface area contributed by atoms with E-state index >= 15 is 0 Å². The molecule has 0 saturated carbocycles. The van der Waals surface area contributed by atoms with Gasteiger partial charge in [-0.15, -0.1) is 0 Å². The molecule has 6 nitrogen and oxygen atoms in total. The molecule has 358 valence electrons. The van der Waals surface area contributed by atoms with E-state index in [0.29, 0.717) is 12.8 Å². The number of esters is 3. The number of carbonyl (C=O) groups is 3. The number of hydrogen-bond donors (Lipinski definition) is 0. The van der Waals surface area contributed by atoms with Crippen LogP contribution in [-0.2, 0) is 28.6 Å². The Bertz CT molecular complexity index is 1430. The van der Waals surface area contributed by atoms with Crippen molar-refractivity contribution in [2.75, 3.05) is 13.2 Å². The summed E-state index contributed by atoms with van der Waals surface area (Å²) in [5, 5.41) is 0. The van der Waals surface area contributed by atoms with E-state index in [1.54, 1.807) is 0 Å². The number of hydrogen-bond acceptors (Lipinski definition) is 6. The van der Waals surface area contributed by atoms with Gasteiger partial charge in [-0.05, 0) is 83.5 Å². The SMILES string of the molecule is CC/C=C/C=C/C=C/C=C/C=C/CCCC(=O)OCC(COC(=O)CCCCCCC/C=C/C=C/C=C/C=C/CCCCC)OC(=O)CCCCCCCC/C=C/C=C/CCCCC. The van der Waals surface area contributed by atoms with Crippen molar-refractivity contribution in [3.8, 4) is 0 Å². The first kappa shape index (κ1) is 59.5. The van der Waals surface area contributed by atoms with Crippen molar-refractivity contribution >= 4 is 17.9 Å². The van der Waals surface area contributed by atoms with Crippen LogP contribution >= 0.6 is 0 Å². The van der Waals surface area contributed by atoms with Gasteiger partial charge < -0.3 is 14.2 Å². The lowest BCUT2D eigenvalue weighted by atomic mass is 10.1. The monoisotopic (exact) mass is 883 g/mol. The lowest BCUT2D eigenvalue weighted by Gasteiger charge is -2.18. The van der Waals surface area contributed by atoms with Crippen LogP contribution in [0.2, 0.25) is 0 Å². The second-order valence-electron chi connectivity index (χ2n) is 16.2. The number of unbranched alkanes of at least 4 members (excludes halogenated alkanes) is 18. The minimum Gasteiger partial charge on any atom is -0.462 e. The van der Waals surface area contributed by atoms with Gasteiger partial charge in [0.1, 0.15) is 13.2 Å². The molecule has 0 aromatic rings. The average Bonchev–Trinajstić information content (AvgIpc) is 3.29. The fourth-order valence-electron chi connectivity index (χ4n) is 6.30. The summed E-state index contributed by atoms with van der Waals surface area (Å²) in [5.41, 5.74) is 0. The highest BCUT2D eigenvalue weighted by molar-refractivity contribution is 5.71. The van der Waals surface area contributed by atoms with Crippen LogP contribution in [0, 0.1) is 0 Å². The summed E-state index contributed by atoms with van der Waals surface area (Å²) in [5.74, 6) is -1.04. The van der Waals surface area contributed by atoms with Crippen molar-refractivity contribution in [1.82, 2.24) is 0 Å². The van der Waals surface area contributed by atoms with E-state index in [4.69, 9.17) is 14.2 Å². The number of allylic oxidation sites excluding steroid dienone is 22. The molecule has 0 rings (SSSR count). The predicted octanol–water partition coefficient (Wildman–Crippen LogP) is 16.7. The van der Waals surface area contributed by atoms with Crippen molar-refractivity contribution in [2.24, 2.45) is 0 Å². The average molecular weight is 883 g/mol. The Morgan fingerprint density at radius 2 is 0.625 bits per heavy atom. The molecule has 1 unspecified atom stereocenters. The maximum atomic E-state index is 12.8. The van der Waals surface area contributed by atoms with E-state index in [2.05, 4.69) is 99.8 Å². The maximum absolute atomic E-state index is 12.8. The third-order valence-electron chi connectivity index (χ3n) is 10.1. The van der Waals surface area contributed by atoms with Gasteiger partial charge in [-0.1, -0.05) is 225 Å². The Morgan fingerprint density at radius 3 is 1.03 bits per heavy atom. The summed E-state index contributed by atoms with van der Waals surface area (Å²) < 4.78 is 16.7. The summed E-state index contributed by atoms with van der Waals surface area (Å²) >= 11 is 0. The summed E-state index contributed by atoms with van der Waals surface area (Å²) in [6.07, 6.45) is 71.5. The van der Waals surface area contributed by atoms with Gasteiger partial charge in [-0.3, -0.25) is 14.4 Å². The van der Waals surface area contributed by atoms with E-state index in [1.165, 1.54) is 51.4 Å². The normalized spacial score (nSPS) is 13.2. The van der Waals surface area contributed by atoms with E-state index in [9.17, 15) is 14.4 Å². The van der Waals surface area contributed by atoms with Crippen molar-refractivity contribution in [3.05, 3.63) is 134 Å². The van der Waals surface area contributed by atoms with E-state index in [-0.39, 0.29) is 44.0 Å². The molecule has 6 heteroatoms. The molecule has 0 radical (unpaired) electrons. The molecule has 64 heavy (non-hydrogen) atoms. The van der Waals surface area contributed by atoms with Crippen LogP contribution in [-0.4, -0.2) is 37.2 Å². The Hall–Kier alpha value is -4.45. The largest absolute Gasteiger partial charge is 0.462 e. The molecule has 0 saturated heterocycles. The summed E-state index contributed by atoms with van der Waals surface area (Å²) in [6.45, 7) is 6.30. The molecule has 0 spiro atoms. The van der Waals surface area contributed by atoms with Gasteiger partial charge in [0, 0.05) is 19.3 Å². The second kappa shape index (κ2) is 51.2. The van der Waals surface area contributed by atoms with Crippen molar-refractivity contribution < 1.29 is 28.6 Å². The molecule has 0 aliphatic heterocycles. The summed E-state index contributed by atoms with van der Waals surface area (Å²) in [6, 6.07) is 0. The zero-order chi connectivity index (χ0) is 46.5. The zero-order valence-corrected chi connectivity index (χ0v) is 40.7. The highest BCUT2D eigenvalue weighted by Crippen LogP contribution is 2.12. The topological polar surface area (TPSA) is 78.9 Å². The van der Waals surface area contributed by atoms with Crippen LogP contribution in [0.1, 0.15) is 194 Å². The van der Waals surface area contributed by atoms with Gasteiger partial charge in [0.2, 0.25) is 0 Å². The smallest absolute Gasteiger partial charge is 0.306 e. The Morgan fingerprint density at radius 1 is 0.328 bits per heavy atom. The lowest BCUT2D eigenvalue weighted by Crippen LogP contribution is -2.30. The molecular weight excluding hydrogens is 793 g/mol. The molecule has 0 bridgehead atoms. The third kappa shape index (κ3) is 48.6. The van der Waals surface area contributed by atoms with E-state index in [1.807, 2.05) is 54.7 Å². The molecule has 0 aromatic heterocycles. The van der Waals surface area contributed by atoms with Crippen LogP contribution in [0.4, 0.5) is 0 Å². The highest BCUT2D eigenvalue weighted by atomic mass is 16.6. The van der Waals surface area contributed by atoms with Crippen LogP contribution in [0.25, 0.3) is 0 Å². The molecule has 0 N–H and O–H groups in total. The molecule has 0 aromatic carbocycles. The molecule has 0 aliphatic carbocycles. The fourth-order valence-corrected chi connectivity index (χ4v) is 6.30. The second-order valence-corrected chi connectivity index (χ2v) is 16.2. The van der Waals surface area contributed by atoms with E-state index in [0.717, 1.165) is 96.3 Å². The number of rotatable bonds is 43. The lowest BCUT2D eigenvalue weighted by molar-refractivity contribution is -0.167. The Labute approximate surface area is 392 Å². The van der Waals surface area contributed by atoms with Gasteiger partial charge in [-0.2, -0.15) is 0 Å². The first-order valence-electron chi connectivity index (χ1n) is 25.3. The van der Waals surface area contributed by atoms with Crippen LogP contribution < -0.4 is 0 Å². The van der Waals surface area contributed by atoms with Gasteiger partial charge in [0.15, 0.2) is 6.10 Å². The molecule has 0 amide bonds. The van der Waals surface area contributed by atoms with Gasteiger partial charge in [0.25, 0.3) is 0 Å². The first-order valence-corrected chi connectivity index (χ1v) is 25.3. The fraction of sp³-hybridized carbons (Fsp3) is 0.569. The first-order chi connectivity index (χ1) is 31.5. The van der Waals surface area contributed by atoms with Crippen molar-refractivity contribution in [1.29, 1.82) is 0 Å². The summed E-state index contributed by atoms with van der Waals surface area (Å²) in [7, 11) is 0. The third-order valence-corrected chi connectivity index (χ3v) is 10.1. The number of carbonyl (C=O) groups excluding carboxylic acids is 3. The van der Waals surface area contributed by atoms with Crippen LogP contribution in [0.15, 0.2) is 134 Å². The predicted molar refractivity (Wildman–Crippen MR) is 274 cm³/mol. The van der Waals surface area contributed by atoms with Crippen LogP contribution in [0.3, 0.4) is 0 Å². The Balaban J connectivity index is 4.58. The Kier molecular flexibility index (Phi) is 47.6. The van der Waals surface area contributed by atoms with Crippen molar-refractivity contribution in [3.63, 3.8) is 0 Å². The van der Waals surface area contributed by atoms with Gasteiger partial charge >= 0.3 is 17.9 Å². The molecule has 0 aliphatic rings. The minimum absolute atomic E-state index is 0.123. The van der Waals surface area contributed by atoms with Crippen molar-refractivity contribution in [2.45, 2.75) is 200 Å². The molecular formula is C58H90O6. The zero-order valence-electron chi connectivity index (χ0n) is 40.7. The minimum atomic E-state index is -0.827. The van der Waals surface area contributed by atoms with Crippen LogP contribution in [0.5, 0.6) is 0 Å².